The van der Waals surface area contributed by atoms with Gasteiger partial charge in [0.1, 0.15) is 5.75 Å². The van der Waals surface area contributed by atoms with Gasteiger partial charge >= 0.3 is 0 Å². The van der Waals surface area contributed by atoms with Crippen molar-refractivity contribution in [3.8, 4) is 28.3 Å². The minimum Gasteiger partial charge on any atom is -0.496 e. The van der Waals surface area contributed by atoms with Crippen LogP contribution in [0.15, 0.2) is 47.5 Å². The van der Waals surface area contributed by atoms with E-state index in [1.165, 1.54) is 6.39 Å². The van der Waals surface area contributed by atoms with Crippen molar-refractivity contribution in [2.45, 2.75) is 0 Å². The van der Waals surface area contributed by atoms with E-state index in [0.29, 0.717) is 17.2 Å². The van der Waals surface area contributed by atoms with E-state index in [0.717, 1.165) is 11.1 Å². The van der Waals surface area contributed by atoms with Crippen LogP contribution in [-0.2, 0) is 0 Å². The summed E-state index contributed by atoms with van der Waals surface area (Å²) in [5, 5.41) is 0.178. The lowest BCUT2D eigenvalue weighted by molar-refractivity contribution is 0.416. The summed E-state index contributed by atoms with van der Waals surface area (Å²) >= 11 is 5.87. The SMILES string of the molecule is COc1cccc(-c2cnco2)c1-c1ccnc(Cl)n1. The second-order valence-electron chi connectivity index (χ2n) is 3.96. The molecule has 0 saturated carbocycles. The van der Waals surface area contributed by atoms with Crippen molar-refractivity contribution in [1.82, 2.24) is 15.0 Å². The smallest absolute Gasteiger partial charge is 0.222 e. The molecule has 0 atom stereocenters. The van der Waals surface area contributed by atoms with E-state index < -0.39 is 0 Å². The maximum atomic E-state index is 5.87. The van der Waals surface area contributed by atoms with Gasteiger partial charge < -0.3 is 9.15 Å². The molecule has 0 aliphatic carbocycles. The Morgan fingerprint density at radius 2 is 2.15 bits per heavy atom. The summed E-state index contributed by atoms with van der Waals surface area (Å²) in [5.41, 5.74) is 2.28. The lowest BCUT2D eigenvalue weighted by Gasteiger charge is -2.11. The van der Waals surface area contributed by atoms with E-state index in [4.69, 9.17) is 20.8 Å². The van der Waals surface area contributed by atoms with Crippen molar-refractivity contribution in [1.29, 1.82) is 0 Å². The van der Waals surface area contributed by atoms with Gasteiger partial charge in [0.2, 0.25) is 5.28 Å². The quantitative estimate of drug-likeness (QED) is 0.690. The molecule has 0 fully saturated rings. The normalized spacial score (nSPS) is 10.5. The predicted octanol–water partition coefficient (Wildman–Crippen LogP) is 3.46. The van der Waals surface area contributed by atoms with Gasteiger partial charge in [-0.15, -0.1) is 0 Å². The minimum atomic E-state index is 0.178. The zero-order valence-corrected chi connectivity index (χ0v) is 11.3. The van der Waals surface area contributed by atoms with Crippen LogP contribution in [0.3, 0.4) is 0 Å². The van der Waals surface area contributed by atoms with Crippen LogP contribution in [-0.4, -0.2) is 22.1 Å². The first-order valence-electron chi connectivity index (χ1n) is 5.84. The molecule has 3 aromatic rings. The lowest BCUT2D eigenvalue weighted by atomic mass is 10.0. The van der Waals surface area contributed by atoms with Crippen molar-refractivity contribution in [3.63, 3.8) is 0 Å². The van der Waals surface area contributed by atoms with Gasteiger partial charge in [-0.1, -0.05) is 12.1 Å². The number of oxazole rings is 1. The Hall–Kier alpha value is -2.40. The van der Waals surface area contributed by atoms with Crippen LogP contribution in [0.25, 0.3) is 22.6 Å². The van der Waals surface area contributed by atoms with Crippen LogP contribution in [0.4, 0.5) is 0 Å². The van der Waals surface area contributed by atoms with Gasteiger partial charge in [-0.3, -0.25) is 0 Å². The molecule has 0 saturated heterocycles. The van der Waals surface area contributed by atoms with Gasteiger partial charge in [-0.2, -0.15) is 0 Å². The first kappa shape index (κ1) is 12.6. The fourth-order valence-electron chi connectivity index (χ4n) is 1.99. The first-order valence-corrected chi connectivity index (χ1v) is 6.22. The summed E-state index contributed by atoms with van der Waals surface area (Å²) in [4.78, 5) is 12.1. The van der Waals surface area contributed by atoms with E-state index in [1.807, 2.05) is 18.2 Å². The average molecular weight is 288 g/mol. The van der Waals surface area contributed by atoms with E-state index in [9.17, 15) is 0 Å². The Balaban J connectivity index is 2.27. The Morgan fingerprint density at radius 3 is 2.85 bits per heavy atom. The molecule has 1 aromatic carbocycles. The monoisotopic (exact) mass is 287 g/mol. The number of rotatable bonds is 3. The Morgan fingerprint density at radius 1 is 1.25 bits per heavy atom. The third kappa shape index (κ3) is 2.23. The molecule has 5 nitrogen and oxygen atoms in total. The maximum absolute atomic E-state index is 5.87. The molecule has 0 unspecified atom stereocenters. The highest BCUT2D eigenvalue weighted by Crippen LogP contribution is 2.38. The molecule has 0 amide bonds. The van der Waals surface area contributed by atoms with Crippen LogP contribution in [0.5, 0.6) is 5.75 Å². The highest BCUT2D eigenvalue weighted by atomic mass is 35.5. The van der Waals surface area contributed by atoms with Gasteiger partial charge in [-0.05, 0) is 23.7 Å². The summed E-state index contributed by atoms with van der Waals surface area (Å²) in [6, 6.07) is 7.41. The van der Waals surface area contributed by atoms with Gasteiger partial charge in [0, 0.05) is 11.8 Å². The number of methoxy groups -OCH3 is 1. The standard InChI is InChI=1S/C14H10ClN3O2/c1-19-11-4-2-3-9(12-7-16-8-20-12)13(11)10-5-6-17-14(15)18-10/h2-8H,1H3. The molecule has 6 heteroatoms. The number of hydrogen-bond acceptors (Lipinski definition) is 5. The molecule has 0 radical (unpaired) electrons. The number of aromatic nitrogens is 3. The number of hydrogen-bond donors (Lipinski definition) is 0. The van der Waals surface area contributed by atoms with Gasteiger partial charge in [0.05, 0.1) is 24.6 Å². The van der Waals surface area contributed by atoms with Crippen LogP contribution >= 0.6 is 11.6 Å². The number of nitrogens with zero attached hydrogens (tertiary/aromatic N) is 3. The molecule has 0 N–H and O–H groups in total. The molecule has 20 heavy (non-hydrogen) atoms. The molecular weight excluding hydrogens is 278 g/mol. The summed E-state index contributed by atoms with van der Waals surface area (Å²) < 4.78 is 10.8. The summed E-state index contributed by atoms with van der Waals surface area (Å²) in [6.45, 7) is 0. The second-order valence-corrected chi connectivity index (χ2v) is 4.30. The van der Waals surface area contributed by atoms with Gasteiger partial charge in [-0.25, -0.2) is 15.0 Å². The molecule has 2 heterocycles. The number of ether oxygens (including phenoxy) is 1. The minimum absolute atomic E-state index is 0.178. The highest BCUT2D eigenvalue weighted by molar-refractivity contribution is 6.28. The molecule has 0 spiro atoms. The summed E-state index contributed by atoms with van der Waals surface area (Å²) in [6.07, 6.45) is 4.62. The van der Waals surface area contributed by atoms with E-state index in [1.54, 1.807) is 25.6 Å². The molecule has 3 rings (SSSR count). The molecule has 0 aliphatic rings. The van der Waals surface area contributed by atoms with Gasteiger partial charge in [0.25, 0.3) is 0 Å². The van der Waals surface area contributed by atoms with E-state index in [2.05, 4.69) is 15.0 Å². The first-order chi connectivity index (χ1) is 9.79. The highest BCUT2D eigenvalue weighted by Gasteiger charge is 2.16. The molecular formula is C14H10ClN3O2. The molecule has 0 bridgehead atoms. The van der Waals surface area contributed by atoms with Crippen LogP contribution < -0.4 is 4.74 Å². The zero-order valence-electron chi connectivity index (χ0n) is 10.6. The summed E-state index contributed by atoms with van der Waals surface area (Å²) in [7, 11) is 1.60. The zero-order chi connectivity index (χ0) is 13.9. The molecule has 0 aliphatic heterocycles. The Bertz CT molecular complexity index is 729. The van der Waals surface area contributed by atoms with Crippen LogP contribution in [0.2, 0.25) is 5.28 Å². The van der Waals surface area contributed by atoms with Crippen molar-refractivity contribution in [2.24, 2.45) is 0 Å². The second kappa shape index (κ2) is 5.30. The third-order valence-corrected chi connectivity index (χ3v) is 3.01. The number of halogens is 1. The van der Waals surface area contributed by atoms with E-state index in [-0.39, 0.29) is 5.28 Å². The maximum Gasteiger partial charge on any atom is 0.222 e. The third-order valence-electron chi connectivity index (χ3n) is 2.83. The fraction of sp³-hybridized carbons (Fsp3) is 0.0714. The molecule has 2 aromatic heterocycles. The Kier molecular flexibility index (Phi) is 3.35. The van der Waals surface area contributed by atoms with Crippen molar-refractivity contribution < 1.29 is 9.15 Å². The fourth-order valence-corrected chi connectivity index (χ4v) is 2.14. The van der Waals surface area contributed by atoms with Crippen molar-refractivity contribution in [2.75, 3.05) is 7.11 Å². The van der Waals surface area contributed by atoms with Crippen LogP contribution in [0.1, 0.15) is 0 Å². The van der Waals surface area contributed by atoms with E-state index >= 15 is 0 Å². The van der Waals surface area contributed by atoms with Crippen molar-refractivity contribution in [3.05, 3.63) is 48.3 Å². The lowest BCUT2D eigenvalue weighted by Crippen LogP contribution is -1.94. The molecule has 100 valence electrons. The van der Waals surface area contributed by atoms with Crippen molar-refractivity contribution >= 4 is 11.6 Å². The summed E-state index contributed by atoms with van der Waals surface area (Å²) in [5.74, 6) is 1.31. The predicted molar refractivity (Wildman–Crippen MR) is 74.5 cm³/mol. The average Bonchev–Trinajstić information content (AvgIpc) is 3.00. The largest absolute Gasteiger partial charge is 0.496 e. The number of benzene rings is 1. The topological polar surface area (TPSA) is 61.0 Å². The Labute approximate surface area is 120 Å². The van der Waals surface area contributed by atoms with Crippen LogP contribution in [0, 0.1) is 0 Å². The van der Waals surface area contributed by atoms with Gasteiger partial charge in [0.15, 0.2) is 12.2 Å².